The van der Waals surface area contributed by atoms with Gasteiger partial charge in [0.1, 0.15) is 5.69 Å². The van der Waals surface area contributed by atoms with E-state index in [-0.39, 0.29) is 0 Å². The minimum atomic E-state index is 0.370. The van der Waals surface area contributed by atoms with Crippen LogP contribution in [0.1, 0.15) is 25.5 Å². The van der Waals surface area contributed by atoms with E-state index in [9.17, 15) is 0 Å². The van der Waals surface area contributed by atoms with E-state index in [4.69, 9.17) is 4.74 Å². The monoisotopic (exact) mass is 229 g/mol. The van der Waals surface area contributed by atoms with Gasteiger partial charge in [-0.3, -0.25) is 4.68 Å². The summed E-state index contributed by atoms with van der Waals surface area (Å²) in [5.74, 6) is 0.765. The highest BCUT2D eigenvalue weighted by molar-refractivity contribution is 5.55. The van der Waals surface area contributed by atoms with E-state index in [0.29, 0.717) is 6.04 Å². The third-order valence-corrected chi connectivity index (χ3v) is 2.95. The first-order valence-corrected chi connectivity index (χ1v) is 5.92. The highest BCUT2D eigenvalue weighted by Gasteiger charge is 2.15. The standard InChI is InChI=1S/C13H15N3O/c1-9(2)16-7-5-12(15-16)11-4-3-10-6-8-17-13(10)14-11/h3-5,7,9H,6,8H2,1-2H3. The van der Waals surface area contributed by atoms with Gasteiger partial charge in [-0.1, -0.05) is 6.07 Å². The lowest BCUT2D eigenvalue weighted by atomic mass is 10.2. The molecule has 0 saturated carbocycles. The average Bonchev–Trinajstić information content (AvgIpc) is 2.97. The van der Waals surface area contributed by atoms with Crippen LogP contribution in [0.5, 0.6) is 5.88 Å². The second-order valence-corrected chi connectivity index (χ2v) is 4.53. The zero-order valence-corrected chi connectivity index (χ0v) is 10.1. The second-order valence-electron chi connectivity index (χ2n) is 4.53. The Labute approximate surface area is 100 Å². The number of ether oxygens (including phenoxy) is 1. The first-order valence-electron chi connectivity index (χ1n) is 5.92. The molecule has 2 aromatic rings. The summed E-state index contributed by atoms with van der Waals surface area (Å²) < 4.78 is 7.40. The topological polar surface area (TPSA) is 39.9 Å². The quantitative estimate of drug-likeness (QED) is 0.794. The van der Waals surface area contributed by atoms with Crippen LogP contribution in [-0.2, 0) is 6.42 Å². The molecule has 0 spiro atoms. The van der Waals surface area contributed by atoms with Crippen molar-refractivity contribution in [2.45, 2.75) is 26.3 Å². The van der Waals surface area contributed by atoms with Crippen LogP contribution in [0.25, 0.3) is 11.4 Å². The van der Waals surface area contributed by atoms with Gasteiger partial charge in [-0.25, -0.2) is 4.98 Å². The Kier molecular flexibility index (Phi) is 2.35. The lowest BCUT2D eigenvalue weighted by molar-refractivity contribution is 0.345. The average molecular weight is 229 g/mol. The summed E-state index contributed by atoms with van der Waals surface area (Å²) in [7, 11) is 0. The fraction of sp³-hybridized carbons (Fsp3) is 0.385. The summed E-state index contributed by atoms with van der Waals surface area (Å²) >= 11 is 0. The zero-order valence-electron chi connectivity index (χ0n) is 10.1. The van der Waals surface area contributed by atoms with Crippen molar-refractivity contribution in [3.8, 4) is 17.3 Å². The van der Waals surface area contributed by atoms with Crippen LogP contribution in [0, 0.1) is 0 Å². The molecule has 0 unspecified atom stereocenters. The molecule has 1 aliphatic heterocycles. The Morgan fingerprint density at radius 1 is 1.24 bits per heavy atom. The Morgan fingerprint density at radius 2 is 2.12 bits per heavy atom. The van der Waals surface area contributed by atoms with Gasteiger partial charge in [0.05, 0.1) is 12.3 Å². The van der Waals surface area contributed by atoms with Gasteiger partial charge in [0.15, 0.2) is 0 Å². The van der Waals surface area contributed by atoms with Gasteiger partial charge >= 0.3 is 0 Å². The van der Waals surface area contributed by atoms with Crippen LogP contribution < -0.4 is 4.74 Å². The number of aromatic nitrogens is 3. The van der Waals surface area contributed by atoms with Gasteiger partial charge in [0.25, 0.3) is 0 Å². The summed E-state index contributed by atoms with van der Waals surface area (Å²) in [4.78, 5) is 4.50. The maximum Gasteiger partial charge on any atom is 0.217 e. The molecule has 0 atom stereocenters. The molecule has 0 bridgehead atoms. The fourth-order valence-corrected chi connectivity index (χ4v) is 1.95. The summed E-state index contributed by atoms with van der Waals surface area (Å²) in [5, 5.41) is 4.50. The molecular formula is C13H15N3O. The van der Waals surface area contributed by atoms with Crippen LogP contribution >= 0.6 is 0 Å². The summed E-state index contributed by atoms with van der Waals surface area (Å²) in [5.41, 5.74) is 2.97. The van der Waals surface area contributed by atoms with Crippen molar-refractivity contribution in [3.05, 3.63) is 30.0 Å². The number of fused-ring (bicyclic) bond motifs is 1. The lowest BCUT2D eigenvalue weighted by Gasteiger charge is -2.04. The molecule has 0 aromatic carbocycles. The van der Waals surface area contributed by atoms with Gasteiger partial charge in [0, 0.05) is 24.2 Å². The molecular weight excluding hydrogens is 214 g/mol. The third-order valence-electron chi connectivity index (χ3n) is 2.95. The Balaban J connectivity index is 1.97. The molecule has 17 heavy (non-hydrogen) atoms. The van der Waals surface area contributed by atoms with Gasteiger partial charge in [-0.2, -0.15) is 5.10 Å². The van der Waals surface area contributed by atoms with Crippen molar-refractivity contribution in [2.24, 2.45) is 0 Å². The van der Waals surface area contributed by atoms with Crippen LogP contribution in [0.4, 0.5) is 0 Å². The summed E-state index contributed by atoms with van der Waals surface area (Å²) in [6.45, 7) is 4.96. The minimum absolute atomic E-state index is 0.370. The Bertz CT molecular complexity index is 545. The number of hydrogen-bond acceptors (Lipinski definition) is 3. The van der Waals surface area contributed by atoms with E-state index in [0.717, 1.165) is 30.3 Å². The molecule has 0 amide bonds. The predicted molar refractivity (Wildman–Crippen MR) is 65.0 cm³/mol. The minimum Gasteiger partial charge on any atom is -0.477 e. The molecule has 0 radical (unpaired) electrons. The predicted octanol–water partition coefficient (Wildman–Crippen LogP) is 2.46. The van der Waals surface area contributed by atoms with Crippen LogP contribution in [0.15, 0.2) is 24.4 Å². The van der Waals surface area contributed by atoms with Crippen molar-refractivity contribution < 1.29 is 4.74 Å². The van der Waals surface area contributed by atoms with E-state index in [2.05, 4.69) is 30.0 Å². The Hall–Kier alpha value is -1.84. The largest absolute Gasteiger partial charge is 0.477 e. The van der Waals surface area contributed by atoms with Gasteiger partial charge in [0.2, 0.25) is 5.88 Å². The molecule has 4 heteroatoms. The molecule has 0 fully saturated rings. The second kappa shape index (κ2) is 3.87. The molecule has 1 aliphatic rings. The molecule has 0 aliphatic carbocycles. The third kappa shape index (κ3) is 1.79. The van der Waals surface area contributed by atoms with Crippen molar-refractivity contribution >= 4 is 0 Å². The van der Waals surface area contributed by atoms with E-state index in [1.165, 1.54) is 5.56 Å². The van der Waals surface area contributed by atoms with E-state index in [1.54, 1.807) is 0 Å². The maximum absolute atomic E-state index is 5.47. The smallest absolute Gasteiger partial charge is 0.217 e. The molecule has 0 N–H and O–H groups in total. The van der Waals surface area contributed by atoms with Crippen LogP contribution in [-0.4, -0.2) is 21.4 Å². The van der Waals surface area contributed by atoms with Gasteiger partial charge in [-0.15, -0.1) is 0 Å². The molecule has 0 saturated heterocycles. The van der Waals surface area contributed by atoms with E-state index < -0.39 is 0 Å². The molecule has 3 heterocycles. The molecule has 4 nitrogen and oxygen atoms in total. The van der Waals surface area contributed by atoms with Gasteiger partial charge < -0.3 is 4.74 Å². The lowest BCUT2D eigenvalue weighted by Crippen LogP contribution is -2.01. The van der Waals surface area contributed by atoms with Gasteiger partial charge in [-0.05, 0) is 26.0 Å². The molecule has 2 aromatic heterocycles. The van der Waals surface area contributed by atoms with Crippen molar-refractivity contribution in [2.75, 3.05) is 6.61 Å². The Morgan fingerprint density at radius 3 is 2.88 bits per heavy atom. The number of nitrogens with zero attached hydrogens (tertiary/aromatic N) is 3. The van der Waals surface area contributed by atoms with Crippen LogP contribution in [0.2, 0.25) is 0 Å². The normalized spacial score (nSPS) is 13.8. The number of hydrogen-bond donors (Lipinski definition) is 0. The van der Waals surface area contributed by atoms with E-state index >= 15 is 0 Å². The van der Waals surface area contributed by atoms with E-state index in [1.807, 2.05) is 23.0 Å². The highest BCUT2D eigenvalue weighted by atomic mass is 16.5. The van der Waals surface area contributed by atoms with Crippen molar-refractivity contribution in [3.63, 3.8) is 0 Å². The number of pyridine rings is 1. The molecule has 88 valence electrons. The fourth-order valence-electron chi connectivity index (χ4n) is 1.95. The number of rotatable bonds is 2. The van der Waals surface area contributed by atoms with Crippen molar-refractivity contribution in [1.82, 2.24) is 14.8 Å². The highest BCUT2D eigenvalue weighted by Crippen LogP contribution is 2.26. The van der Waals surface area contributed by atoms with Crippen molar-refractivity contribution in [1.29, 1.82) is 0 Å². The maximum atomic E-state index is 5.47. The first-order chi connectivity index (χ1) is 8.24. The van der Waals surface area contributed by atoms with Crippen LogP contribution in [0.3, 0.4) is 0 Å². The molecule has 3 rings (SSSR count). The SMILES string of the molecule is CC(C)n1ccc(-c2ccc3c(n2)OCC3)n1. The summed E-state index contributed by atoms with van der Waals surface area (Å²) in [6.07, 6.45) is 2.94. The zero-order chi connectivity index (χ0) is 11.8. The summed E-state index contributed by atoms with van der Waals surface area (Å²) in [6, 6.07) is 6.46. The first kappa shape index (κ1) is 10.3.